The summed E-state index contributed by atoms with van der Waals surface area (Å²) >= 11 is 0. The summed E-state index contributed by atoms with van der Waals surface area (Å²) in [5, 5.41) is 0. The Labute approximate surface area is 318 Å². The summed E-state index contributed by atoms with van der Waals surface area (Å²) in [6, 6.07) is 0. The van der Waals surface area contributed by atoms with E-state index < -0.39 is 62.6 Å². The second-order valence-corrected chi connectivity index (χ2v) is 11.6. The largest absolute Gasteiger partial charge is 3.00 e. The summed E-state index contributed by atoms with van der Waals surface area (Å²) in [4.78, 5) is 186. The van der Waals surface area contributed by atoms with Crippen LogP contribution in [-0.2, 0) is 36.5 Å². The van der Waals surface area contributed by atoms with Gasteiger partial charge in [-0.1, -0.05) is 0 Å². The molecule has 22 N–H and O–H groups in total. The molecule has 0 aromatic heterocycles. The maximum atomic E-state index is 8.77. The summed E-state index contributed by atoms with van der Waals surface area (Å²) in [6.45, 7) is 0. The molecule has 0 aromatic rings. The molecule has 48 heteroatoms. The zero-order valence-electron chi connectivity index (χ0n) is 21.9. The van der Waals surface area contributed by atoms with Gasteiger partial charge in [-0.15, -0.1) is 0 Å². The molecule has 0 spiro atoms. The molecule has 0 radical (unpaired) electrons. The zero-order chi connectivity index (χ0) is 36.0. The normalized spacial score (nSPS) is 9.83. The molecule has 0 aliphatic rings. The minimum absolute atomic E-state index is 0. The van der Waals surface area contributed by atoms with E-state index in [0.29, 0.717) is 0 Å². The minimum Gasteiger partial charge on any atom is -0.790 e. The van der Waals surface area contributed by atoms with Crippen molar-refractivity contribution in [2.75, 3.05) is 0 Å². The molecule has 48 heavy (non-hydrogen) atoms. The number of phosphoric acid groups is 8. The molecule has 0 atom stereocenters. The smallest absolute Gasteiger partial charge is 0.790 e. The molecular formula is H22Al3NaO36P8. The second kappa shape index (κ2) is 46.5. The fourth-order valence-corrected chi connectivity index (χ4v) is 0. The molecule has 0 bridgehead atoms. The van der Waals surface area contributed by atoms with Crippen LogP contribution < -0.4 is 78.5 Å². The van der Waals surface area contributed by atoms with Crippen molar-refractivity contribution >= 4 is 115 Å². The summed E-state index contributed by atoms with van der Waals surface area (Å²) in [7, 11) is -39.6. The Morgan fingerprint density at radius 3 is 0.250 bits per heavy atom. The van der Waals surface area contributed by atoms with Crippen molar-refractivity contribution in [3.05, 3.63) is 0 Å². The molecule has 288 valence electrons. The van der Waals surface area contributed by atoms with E-state index in [1.165, 1.54) is 0 Å². The van der Waals surface area contributed by atoms with E-state index >= 15 is 0 Å². The van der Waals surface area contributed by atoms with Gasteiger partial charge in [0.1, 0.15) is 0 Å². The summed E-state index contributed by atoms with van der Waals surface area (Å²) in [6.07, 6.45) is 0. The van der Waals surface area contributed by atoms with Crippen LogP contribution in [0.1, 0.15) is 0 Å². The van der Waals surface area contributed by atoms with Gasteiger partial charge < -0.3 is 148 Å². The van der Waals surface area contributed by atoms with E-state index in [-0.39, 0.29) is 104 Å². The number of hydrogen-bond acceptors (Lipinski definition) is 18. The predicted molar refractivity (Wildman–Crippen MR) is 124 cm³/mol. The maximum absolute atomic E-state index is 8.77. The van der Waals surface area contributed by atoms with Gasteiger partial charge in [-0.2, -0.15) is 0 Å². The second-order valence-electron chi connectivity index (χ2n) is 3.88. The molecule has 0 saturated heterocycles. The van der Waals surface area contributed by atoms with Gasteiger partial charge in [-0.25, -0.2) is 0 Å². The first-order valence-electron chi connectivity index (χ1n) is 6.09. The van der Waals surface area contributed by atoms with Gasteiger partial charge in [0.05, 0.1) is 15.6 Å². The average molecular weight is 950 g/mol. The van der Waals surface area contributed by atoms with Crippen molar-refractivity contribution in [1.82, 2.24) is 0 Å². The standard InChI is InChI=1S/3Al.Na.8H3O4P.4H2O/c;;;;8*1-5(2,3)4;;;;/h;;;;8*(H3,1,2,3,4);4*1H2/q3*+3;+1;;;;;;;;;;;;/p-10. The fourth-order valence-electron chi connectivity index (χ4n) is 0. The van der Waals surface area contributed by atoms with Gasteiger partial charge in [-0.3, -0.25) is 27.4 Å². The third kappa shape index (κ3) is 10500. The van der Waals surface area contributed by atoms with Gasteiger partial charge in [0, 0.05) is 0 Å². The van der Waals surface area contributed by atoms with Gasteiger partial charge in [0.2, 0.25) is 0 Å². The Bertz CT molecular complexity index is 663. The fraction of sp³-hybridized carbons (Fsp3) is 0. The Kier molecular flexibility index (Phi) is 101. The molecule has 0 fully saturated rings. The molecule has 0 rings (SSSR count). The summed E-state index contributed by atoms with van der Waals surface area (Å²) in [5.74, 6) is 0. The third-order valence-electron chi connectivity index (χ3n) is 0. The Hall–Kier alpha value is 3.32. The van der Waals surface area contributed by atoms with E-state index in [1.807, 2.05) is 0 Å². The van der Waals surface area contributed by atoms with Gasteiger partial charge in [0.25, 0.3) is 46.9 Å². The van der Waals surface area contributed by atoms with Gasteiger partial charge in [0.15, 0.2) is 0 Å². The number of hydrogen-bond donors (Lipinski definition) is 14. The van der Waals surface area contributed by atoms with Crippen LogP contribution in [-0.4, -0.2) is 142 Å². The maximum Gasteiger partial charge on any atom is 3.00 e. The minimum atomic E-state index is -5.14. The zero-order valence-corrected chi connectivity index (χ0v) is 34.5. The van der Waals surface area contributed by atoms with Crippen LogP contribution in [0.2, 0.25) is 0 Å². The third-order valence-corrected chi connectivity index (χ3v) is 0. The van der Waals surface area contributed by atoms with Crippen molar-refractivity contribution in [3.8, 4) is 0 Å². The van der Waals surface area contributed by atoms with Crippen molar-refractivity contribution in [3.63, 3.8) is 0 Å². The molecule has 0 aliphatic carbocycles. The van der Waals surface area contributed by atoms with Gasteiger partial charge >= 0.3 is 81.6 Å². The average Bonchev–Trinajstić information content (AvgIpc) is 2.16. The van der Waals surface area contributed by atoms with Crippen molar-refractivity contribution in [1.29, 1.82) is 0 Å². The monoisotopic (exact) mass is 950 g/mol. The first-order valence-corrected chi connectivity index (χ1v) is 18.3. The molecule has 0 aliphatic heterocycles. The van der Waals surface area contributed by atoms with Crippen LogP contribution in [0, 0.1) is 0 Å². The van der Waals surface area contributed by atoms with Crippen LogP contribution in [0.3, 0.4) is 0 Å². The van der Waals surface area contributed by atoms with E-state index in [1.54, 1.807) is 0 Å². The molecule has 0 saturated carbocycles. The molecule has 0 aromatic carbocycles. The van der Waals surface area contributed by atoms with E-state index in [9.17, 15) is 0 Å². The molecule has 36 nitrogen and oxygen atoms in total. The van der Waals surface area contributed by atoms with Crippen LogP contribution >= 0.6 is 62.6 Å². The summed E-state index contributed by atoms with van der Waals surface area (Å²) < 4.78 is 69.9. The first kappa shape index (κ1) is 104. The SMILES string of the molecule is O.O.O.O.O=P([O-])(O)O.O=P([O-])(O)O.O=P([O-])(O)O.O=P([O-])(O)O.O=P([O-])(O)O.O=P([O-])(O)O.O=P([O-])([O-])O.O=P([O-])([O-])O.[Al+3].[Al+3].[Al+3].[Na+]. The van der Waals surface area contributed by atoms with Crippen LogP contribution in [0.25, 0.3) is 0 Å². The predicted octanol–water partition coefficient (Wildman–Crippen LogP) is -21.2. The van der Waals surface area contributed by atoms with Crippen molar-refractivity contribution in [2.45, 2.75) is 0 Å². The molecule has 0 heterocycles. The van der Waals surface area contributed by atoms with E-state index in [2.05, 4.69) is 0 Å². The van der Waals surface area contributed by atoms with Crippen LogP contribution in [0.4, 0.5) is 0 Å². The van der Waals surface area contributed by atoms with E-state index in [0.717, 1.165) is 0 Å². The van der Waals surface area contributed by atoms with Crippen LogP contribution in [0.15, 0.2) is 0 Å². The quantitative estimate of drug-likeness (QED) is 0.0792. The van der Waals surface area contributed by atoms with E-state index in [4.69, 9.17) is 154 Å². The van der Waals surface area contributed by atoms with Crippen LogP contribution in [0.5, 0.6) is 0 Å². The molecule has 0 amide bonds. The molecular weight excluding hydrogens is 928 g/mol. The topological polar surface area (TPSA) is 776 Å². The first-order chi connectivity index (χ1) is 16.0. The van der Waals surface area contributed by atoms with Crippen molar-refractivity contribution < 1.29 is 205 Å². The van der Waals surface area contributed by atoms with Gasteiger partial charge in [-0.05, 0) is 0 Å². The van der Waals surface area contributed by atoms with Crippen molar-refractivity contribution in [2.24, 2.45) is 0 Å². The Morgan fingerprint density at radius 2 is 0.250 bits per heavy atom. The molecule has 0 unspecified atom stereocenters. The Morgan fingerprint density at radius 1 is 0.250 bits per heavy atom. The number of rotatable bonds is 0. The summed E-state index contributed by atoms with van der Waals surface area (Å²) in [5.41, 5.74) is 0. The Balaban J connectivity index is -0.0000000170.